The van der Waals surface area contributed by atoms with Crippen LogP contribution in [-0.2, 0) is 12.7 Å². The minimum atomic E-state index is -4.46. The van der Waals surface area contributed by atoms with Gasteiger partial charge in [-0.3, -0.25) is 9.30 Å². The van der Waals surface area contributed by atoms with Crippen molar-refractivity contribution in [1.82, 2.24) is 29.5 Å². The van der Waals surface area contributed by atoms with Crippen LogP contribution in [0.4, 0.5) is 19.0 Å². The smallest absolute Gasteiger partial charge is 0.350 e. The molecular formula is C20H22F3N7. The number of pyridine rings is 1. The summed E-state index contributed by atoms with van der Waals surface area (Å²) in [5, 5.41) is 8.50. The highest BCUT2D eigenvalue weighted by atomic mass is 19.4. The Labute approximate surface area is 171 Å². The van der Waals surface area contributed by atoms with Crippen LogP contribution in [-0.4, -0.2) is 54.6 Å². The van der Waals surface area contributed by atoms with Gasteiger partial charge in [0.25, 0.3) is 0 Å². The lowest BCUT2D eigenvalue weighted by Crippen LogP contribution is -2.46. The summed E-state index contributed by atoms with van der Waals surface area (Å²) in [5.74, 6) is 1.29. The number of piperidine rings is 1. The number of hydrogen-bond acceptors (Lipinski definition) is 6. The van der Waals surface area contributed by atoms with Crippen molar-refractivity contribution in [1.29, 1.82) is 0 Å². The normalized spacial score (nSPS) is 18.8. The van der Waals surface area contributed by atoms with Crippen LogP contribution in [0.15, 0.2) is 36.8 Å². The zero-order valence-corrected chi connectivity index (χ0v) is 16.3. The van der Waals surface area contributed by atoms with Crippen LogP contribution >= 0.6 is 0 Å². The third kappa shape index (κ3) is 3.83. The molecular weight excluding hydrogens is 395 g/mol. The van der Waals surface area contributed by atoms with Gasteiger partial charge < -0.3 is 4.90 Å². The summed E-state index contributed by atoms with van der Waals surface area (Å²) >= 11 is 0. The van der Waals surface area contributed by atoms with E-state index in [4.69, 9.17) is 0 Å². The molecule has 3 aromatic heterocycles. The summed E-state index contributed by atoms with van der Waals surface area (Å²) < 4.78 is 41.3. The van der Waals surface area contributed by atoms with E-state index < -0.39 is 11.9 Å². The monoisotopic (exact) mass is 417 g/mol. The highest BCUT2D eigenvalue weighted by molar-refractivity contribution is 5.44. The van der Waals surface area contributed by atoms with Crippen molar-refractivity contribution in [2.24, 2.45) is 0 Å². The fourth-order valence-corrected chi connectivity index (χ4v) is 4.22. The molecule has 0 radical (unpaired) electrons. The molecule has 0 N–H and O–H groups in total. The second kappa shape index (κ2) is 7.50. The Morgan fingerprint density at radius 1 is 1.00 bits per heavy atom. The first-order valence-electron chi connectivity index (χ1n) is 10.2. The van der Waals surface area contributed by atoms with Crippen molar-refractivity contribution in [2.75, 3.05) is 18.0 Å². The lowest BCUT2D eigenvalue weighted by atomic mass is 10.0. The number of anilines is 1. The van der Waals surface area contributed by atoms with Crippen LogP contribution in [0.2, 0.25) is 0 Å². The summed E-state index contributed by atoms with van der Waals surface area (Å²) in [6.45, 7) is 2.41. The summed E-state index contributed by atoms with van der Waals surface area (Å²) in [7, 11) is 0. The van der Waals surface area contributed by atoms with Gasteiger partial charge in [-0.25, -0.2) is 9.97 Å². The topological polar surface area (TPSA) is 62.5 Å². The zero-order valence-electron chi connectivity index (χ0n) is 16.3. The predicted octanol–water partition coefficient (Wildman–Crippen LogP) is 3.17. The lowest BCUT2D eigenvalue weighted by Gasteiger charge is -2.39. The number of alkyl halides is 3. The fourth-order valence-electron chi connectivity index (χ4n) is 4.22. The maximum atomic E-state index is 13.1. The minimum Gasteiger partial charge on any atom is -0.350 e. The first-order chi connectivity index (χ1) is 14.5. The highest BCUT2D eigenvalue weighted by Gasteiger charge is 2.39. The molecule has 0 amide bonds. The van der Waals surface area contributed by atoms with Gasteiger partial charge in [-0.05, 0) is 37.8 Å². The Morgan fingerprint density at radius 3 is 2.50 bits per heavy atom. The lowest BCUT2D eigenvalue weighted by molar-refractivity contribution is -0.141. The number of aromatic nitrogens is 5. The summed E-state index contributed by atoms with van der Waals surface area (Å²) in [4.78, 5) is 12.0. The quantitative estimate of drug-likeness (QED) is 0.636. The van der Waals surface area contributed by atoms with Crippen LogP contribution in [0.3, 0.4) is 0 Å². The Morgan fingerprint density at radius 2 is 1.77 bits per heavy atom. The zero-order chi connectivity index (χ0) is 20.7. The van der Waals surface area contributed by atoms with Gasteiger partial charge in [-0.1, -0.05) is 6.07 Å². The number of halogens is 3. The first kappa shape index (κ1) is 19.2. The molecule has 0 unspecified atom stereocenters. The van der Waals surface area contributed by atoms with Gasteiger partial charge in [0, 0.05) is 37.4 Å². The molecule has 10 heteroatoms. The number of likely N-dealkylation sites (tertiary alicyclic amines) is 1. The molecule has 0 aromatic carbocycles. The Hall–Kier alpha value is -2.75. The number of rotatable bonds is 5. The summed E-state index contributed by atoms with van der Waals surface area (Å²) in [6.07, 6.45) is 2.27. The van der Waals surface area contributed by atoms with Gasteiger partial charge in [-0.2, -0.15) is 13.2 Å². The summed E-state index contributed by atoms with van der Waals surface area (Å²) in [6, 6.07) is 7.36. The Balaban J connectivity index is 1.28. The largest absolute Gasteiger partial charge is 0.433 e. The molecule has 1 saturated carbocycles. The van der Waals surface area contributed by atoms with E-state index in [1.54, 1.807) is 0 Å². The molecule has 4 heterocycles. The molecule has 158 valence electrons. The molecule has 0 spiro atoms. The molecule has 30 heavy (non-hydrogen) atoms. The van der Waals surface area contributed by atoms with Crippen molar-refractivity contribution >= 4 is 11.5 Å². The average Bonchev–Trinajstić information content (AvgIpc) is 3.50. The maximum absolute atomic E-state index is 13.1. The van der Waals surface area contributed by atoms with E-state index >= 15 is 0 Å². The molecule has 7 nitrogen and oxygen atoms in total. The molecule has 1 saturated heterocycles. The minimum absolute atomic E-state index is 0.180. The van der Waals surface area contributed by atoms with Crippen molar-refractivity contribution < 1.29 is 13.2 Å². The SMILES string of the molecule is FC(F)(F)c1cc(N(C2CC2)C2CCN(Cc3nnc4ccccn34)CC2)ncn1. The van der Waals surface area contributed by atoms with Crippen molar-refractivity contribution in [3.63, 3.8) is 0 Å². The second-order valence-electron chi connectivity index (χ2n) is 7.95. The molecule has 3 aromatic rings. The average molecular weight is 417 g/mol. The maximum Gasteiger partial charge on any atom is 0.433 e. The van der Waals surface area contributed by atoms with Gasteiger partial charge in [0.15, 0.2) is 11.5 Å². The standard InChI is InChI=1S/C20H22F3N7/c21-20(22,23)16-11-18(25-13-24-16)30(14-4-5-14)15-6-9-28(10-7-15)12-19-27-26-17-3-1-2-8-29(17)19/h1-3,8,11,13-15H,4-7,9-10,12H2. The number of nitrogens with zero attached hydrogens (tertiary/aromatic N) is 7. The molecule has 2 fully saturated rings. The van der Waals surface area contributed by atoms with Gasteiger partial charge >= 0.3 is 6.18 Å². The van der Waals surface area contributed by atoms with Gasteiger partial charge in [0.1, 0.15) is 17.8 Å². The van der Waals surface area contributed by atoms with Gasteiger partial charge in [0.2, 0.25) is 0 Å². The summed E-state index contributed by atoms with van der Waals surface area (Å²) in [5.41, 5.74) is -0.0548. The third-order valence-electron chi connectivity index (χ3n) is 5.85. The predicted molar refractivity (Wildman–Crippen MR) is 104 cm³/mol. The van der Waals surface area contributed by atoms with E-state index in [0.717, 1.165) is 62.6 Å². The van der Waals surface area contributed by atoms with Crippen LogP contribution in [0, 0.1) is 0 Å². The van der Waals surface area contributed by atoms with Crippen LogP contribution in [0.1, 0.15) is 37.2 Å². The first-order valence-corrected chi connectivity index (χ1v) is 10.2. The van der Waals surface area contributed by atoms with Crippen molar-refractivity contribution in [3.8, 4) is 0 Å². The molecule has 0 atom stereocenters. The van der Waals surface area contributed by atoms with Crippen molar-refractivity contribution in [2.45, 2.75) is 50.5 Å². The molecule has 0 bridgehead atoms. The van der Waals surface area contributed by atoms with Gasteiger partial charge in [-0.15, -0.1) is 10.2 Å². The van der Waals surface area contributed by atoms with E-state index in [2.05, 4.69) is 30.0 Å². The number of hydrogen-bond donors (Lipinski definition) is 0. The molecule has 5 rings (SSSR count). The molecule has 1 aliphatic heterocycles. The van der Waals surface area contributed by atoms with Gasteiger partial charge in [0.05, 0.1) is 6.54 Å². The van der Waals surface area contributed by atoms with Crippen molar-refractivity contribution in [3.05, 3.63) is 48.3 Å². The Bertz CT molecular complexity index is 1020. The van der Waals surface area contributed by atoms with E-state index in [1.165, 1.54) is 0 Å². The van der Waals surface area contributed by atoms with E-state index in [-0.39, 0.29) is 12.1 Å². The van der Waals surface area contributed by atoms with Crippen LogP contribution in [0.25, 0.3) is 5.65 Å². The second-order valence-corrected chi connectivity index (χ2v) is 7.95. The molecule has 2 aliphatic rings. The van der Waals surface area contributed by atoms with E-state index in [1.807, 2.05) is 28.8 Å². The van der Waals surface area contributed by atoms with E-state index in [9.17, 15) is 13.2 Å². The van der Waals surface area contributed by atoms with E-state index in [0.29, 0.717) is 12.4 Å². The van der Waals surface area contributed by atoms with Crippen LogP contribution in [0.5, 0.6) is 0 Å². The highest BCUT2D eigenvalue weighted by Crippen LogP contribution is 2.37. The number of fused-ring (bicyclic) bond motifs is 1. The fraction of sp³-hybridized carbons (Fsp3) is 0.500. The third-order valence-corrected chi connectivity index (χ3v) is 5.85. The van der Waals surface area contributed by atoms with Crippen LogP contribution < -0.4 is 4.90 Å². The molecule has 1 aliphatic carbocycles. The Kier molecular flexibility index (Phi) is 4.80.